The van der Waals surface area contributed by atoms with Gasteiger partial charge in [-0.2, -0.15) is 0 Å². The number of halogens is 2. The van der Waals surface area contributed by atoms with Crippen LogP contribution < -0.4 is 5.32 Å². The van der Waals surface area contributed by atoms with Gasteiger partial charge in [0.05, 0.1) is 19.1 Å². The molecule has 0 heterocycles. The summed E-state index contributed by atoms with van der Waals surface area (Å²) in [4.78, 5) is 11.2. The van der Waals surface area contributed by atoms with E-state index in [9.17, 15) is 9.90 Å². The van der Waals surface area contributed by atoms with Gasteiger partial charge in [0.2, 0.25) is 0 Å². The van der Waals surface area contributed by atoms with E-state index in [2.05, 4.69) is 5.32 Å². The predicted octanol–water partition coefficient (Wildman–Crippen LogP) is 2.96. The molecule has 0 bridgehead atoms. The zero-order chi connectivity index (χ0) is 15.1. The quantitative estimate of drug-likeness (QED) is 0.759. The summed E-state index contributed by atoms with van der Waals surface area (Å²) in [5, 5.41) is 14.0. The smallest absolute Gasteiger partial charge is 0.308 e. The monoisotopic (exact) mass is 319 g/mol. The molecule has 2 N–H and O–H groups in total. The average molecular weight is 320 g/mol. The highest BCUT2D eigenvalue weighted by molar-refractivity contribution is 6.35. The maximum absolute atomic E-state index is 11.2. The van der Waals surface area contributed by atoms with Gasteiger partial charge in [-0.25, -0.2) is 0 Å². The first-order valence-electron chi connectivity index (χ1n) is 6.46. The Bertz CT molecular complexity index is 454. The highest BCUT2D eigenvalue weighted by Gasteiger charge is 2.14. The molecule has 0 radical (unpaired) electrons. The van der Waals surface area contributed by atoms with Crippen LogP contribution in [0.4, 0.5) is 0 Å². The topological polar surface area (TPSA) is 58.6 Å². The van der Waals surface area contributed by atoms with Crippen molar-refractivity contribution >= 4 is 29.2 Å². The normalized spacial score (nSPS) is 13.8. The first-order chi connectivity index (χ1) is 9.43. The summed E-state index contributed by atoms with van der Waals surface area (Å²) in [5.74, 6) is -0.404. The van der Waals surface area contributed by atoms with Crippen LogP contribution in [0.25, 0.3) is 0 Å². The van der Waals surface area contributed by atoms with Gasteiger partial charge in [0, 0.05) is 22.6 Å². The van der Waals surface area contributed by atoms with E-state index in [0.717, 1.165) is 5.56 Å². The van der Waals surface area contributed by atoms with Crippen molar-refractivity contribution < 1.29 is 14.6 Å². The molecule has 1 aromatic carbocycles. The zero-order valence-corrected chi connectivity index (χ0v) is 13.0. The summed E-state index contributed by atoms with van der Waals surface area (Å²) in [6.07, 6.45) is -0.815. The Morgan fingerprint density at radius 2 is 2.15 bits per heavy atom. The van der Waals surface area contributed by atoms with Gasteiger partial charge < -0.3 is 15.2 Å². The molecule has 2 unspecified atom stereocenters. The molecular weight excluding hydrogens is 301 g/mol. The van der Waals surface area contributed by atoms with Gasteiger partial charge >= 0.3 is 5.97 Å². The second-order valence-corrected chi connectivity index (χ2v) is 5.30. The number of aliphatic hydroxyl groups excluding tert-OH is 1. The minimum Gasteiger partial charge on any atom is -0.466 e. The van der Waals surface area contributed by atoms with Crippen LogP contribution in [0, 0.1) is 0 Å². The van der Waals surface area contributed by atoms with Crippen LogP contribution in [0.1, 0.15) is 31.9 Å². The Kier molecular flexibility index (Phi) is 7.30. The van der Waals surface area contributed by atoms with Gasteiger partial charge in [0.15, 0.2) is 0 Å². The number of aliphatic hydroxyl groups is 1. The van der Waals surface area contributed by atoms with E-state index < -0.39 is 12.1 Å². The Labute approximate surface area is 129 Å². The molecule has 1 aromatic rings. The van der Waals surface area contributed by atoms with Gasteiger partial charge in [0.1, 0.15) is 0 Å². The van der Waals surface area contributed by atoms with E-state index in [1.807, 2.05) is 13.0 Å². The number of hydrogen-bond donors (Lipinski definition) is 2. The molecule has 0 aliphatic carbocycles. The first-order valence-corrected chi connectivity index (χ1v) is 7.21. The third kappa shape index (κ3) is 5.67. The van der Waals surface area contributed by atoms with Crippen molar-refractivity contribution in [1.82, 2.24) is 5.32 Å². The number of esters is 1. The molecule has 0 amide bonds. The zero-order valence-electron chi connectivity index (χ0n) is 11.5. The Balaban J connectivity index is 2.46. The predicted molar refractivity (Wildman–Crippen MR) is 80.1 cm³/mol. The number of carbonyl (C=O) groups is 1. The van der Waals surface area contributed by atoms with Crippen LogP contribution in [0.15, 0.2) is 18.2 Å². The lowest BCUT2D eigenvalue weighted by Gasteiger charge is -2.18. The lowest BCUT2D eigenvalue weighted by molar-refractivity contribution is -0.145. The summed E-state index contributed by atoms with van der Waals surface area (Å²) >= 11 is 11.9. The first kappa shape index (κ1) is 17.2. The number of rotatable bonds is 7. The molecule has 6 heteroatoms. The molecule has 20 heavy (non-hydrogen) atoms. The molecule has 0 aliphatic rings. The van der Waals surface area contributed by atoms with Gasteiger partial charge in [-0.3, -0.25) is 4.79 Å². The van der Waals surface area contributed by atoms with E-state index in [1.54, 1.807) is 19.1 Å². The van der Waals surface area contributed by atoms with E-state index in [1.165, 1.54) is 0 Å². The SMILES string of the molecule is CCOC(=O)CC(O)CNC(C)c1ccc(Cl)cc1Cl. The minimum atomic E-state index is -0.789. The Morgan fingerprint density at radius 1 is 1.45 bits per heavy atom. The molecule has 1 rings (SSSR count). The lowest BCUT2D eigenvalue weighted by atomic mass is 10.1. The van der Waals surface area contributed by atoms with Crippen LogP contribution in [0.2, 0.25) is 10.0 Å². The fraction of sp³-hybridized carbons (Fsp3) is 0.500. The van der Waals surface area contributed by atoms with Gasteiger partial charge in [0.25, 0.3) is 0 Å². The number of ether oxygens (including phenoxy) is 1. The van der Waals surface area contributed by atoms with Crippen LogP contribution in [-0.2, 0) is 9.53 Å². The molecule has 112 valence electrons. The molecular formula is C14H19Cl2NO3. The Hall–Kier alpha value is -0.810. The van der Waals surface area contributed by atoms with Crippen molar-refractivity contribution in [3.63, 3.8) is 0 Å². The second kappa shape index (κ2) is 8.47. The van der Waals surface area contributed by atoms with Crippen molar-refractivity contribution in [3.8, 4) is 0 Å². The lowest BCUT2D eigenvalue weighted by Crippen LogP contribution is -2.31. The fourth-order valence-corrected chi connectivity index (χ4v) is 2.33. The summed E-state index contributed by atoms with van der Waals surface area (Å²) in [5.41, 5.74) is 0.888. The van der Waals surface area contributed by atoms with E-state index in [-0.39, 0.29) is 19.0 Å². The molecule has 0 aliphatic heterocycles. The van der Waals surface area contributed by atoms with Crippen molar-refractivity contribution in [2.24, 2.45) is 0 Å². The van der Waals surface area contributed by atoms with Crippen molar-refractivity contribution in [2.75, 3.05) is 13.2 Å². The molecule has 0 aromatic heterocycles. The fourth-order valence-electron chi connectivity index (χ4n) is 1.76. The van der Waals surface area contributed by atoms with E-state index in [0.29, 0.717) is 16.7 Å². The summed E-state index contributed by atoms with van der Waals surface area (Å²) in [6.45, 7) is 4.24. The van der Waals surface area contributed by atoms with Gasteiger partial charge in [-0.05, 0) is 31.5 Å². The van der Waals surface area contributed by atoms with Crippen molar-refractivity contribution in [3.05, 3.63) is 33.8 Å². The highest BCUT2D eigenvalue weighted by Crippen LogP contribution is 2.25. The molecule has 0 saturated carbocycles. The second-order valence-electron chi connectivity index (χ2n) is 4.46. The third-order valence-electron chi connectivity index (χ3n) is 2.80. The molecule has 0 saturated heterocycles. The number of carbonyl (C=O) groups excluding carboxylic acids is 1. The molecule has 0 fully saturated rings. The number of nitrogens with one attached hydrogen (secondary N) is 1. The summed E-state index contributed by atoms with van der Waals surface area (Å²) < 4.78 is 4.77. The molecule has 0 spiro atoms. The average Bonchev–Trinajstić information content (AvgIpc) is 2.36. The van der Waals surface area contributed by atoms with Gasteiger partial charge in [-0.1, -0.05) is 29.3 Å². The van der Waals surface area contributed by atoms with Crippen molar-refractivity contribution in [2.45, 2.75) is 32.4 Å². The molecule has 4 nitrogen and oxygen atoms in total. The largest absolute Gasteiger partial charge is 0.466 e. The molecule has 2 atom stereocenters. The summed E-state index contributed by atoms with van der Waals surface area (Å²) in [7, 11) is 0. The number of benzene rings is 1. The minimum absolute atomic E-state index is 0.0259. The van der Waals surface area contributed by atoms with Crippen LogP contribution >= 0.6 is 23.2 Å². The van der Waals surface area contributed by atoms with Gasteiger partial charge in [-0.15, -0.1) is 0 Å². The van der Waals surface area contributed by atoms with Crippen LogP contribution in [0.3, 0.4) is 0 Å². The van der Waals surface area contributed by atoms with Crippen LogP contribution in [0.5, 0.6) is 0 Å². The maximum Gasteiger partial charge on any atom is 0.308 e. The van der Waals surface area contributed by atoms with E-state index >= 15 is 0 Å². The third-order valence-corrected chi connectivity index (χ3v) is 3.36. The highest BCUT2D eigenvalue weighted by atomic mass is 35.5. The summed E-state index contributed by atoms with van der Waals surface area (Å²) in [6, 6.07) is 5.21. The standard InChI is InChI=1S/C14H19Cl2NO3/c1-3-20-14(19)7-11(18)8-17-9(2)12-5-4-10(15)6-13(12)16/h4-6,9,11,17-18H,3,7-8H2,1-2H3. The van der Waals surface area contributed by atoms with Crippen LogP contribution in [-0.4, -0.2) is 30.3 Å². The Morgan fingerprint density at radius 3 is 2.75 bits per heavy atom. The van der Waals surface area contributed by atoms with E-state index in [4.69, 9.17) is 27.9 Å². The maximum atomic E-state index is 11.2. The van der Waals surface area contributed by atoms with Crippen molar-refractivity contribution in [1.29, 1.82) is 0 Å². The number of hydrogen-bond acceptors (Lipinski definition) is 4.